The Balaban J connectivity index is 1.41. The lowest BCUT2D eigenvalue weighted by atomic mass is 10.0. The Bertz CT molecular complexity index is 963. The Kier molecular flexibility index (Phi) is 8.05. The molecule has 2 unspecified atom stereocenters. The van der Waals surface area contributed by atoms with Crippen molar-refractivity contribution in [3.63, 3.8) is 0 Å². The molecule has 4 rings (SSSR count). The van der Waals surface area contributed by atoms with Crippen LogP contribution in [0.2, 0.25) is 0 Å². The molecular weight excluding hydrogens is 436 g/mol. The van der Waals surface area contributed by atoms with Crippen molar-refractivity contribution in [1.29, 1.82) is 0 Å². The van der Waals surface area contributed by atoms with Crippen molar-refractivity contribution in [3.05, 3.63) is 51.7 Å². The summed E-state index contributed by atoms with van der Waals surface area (Å²) in [5.74, 6) is 3.29. The molecule has 1 aliphatic heterocycles. The van der Waals surface area contributed by atoms with Gasteiger partial charge in [0.25, 0.3) is 0 Å². The summed E-state index contributed by atoms with van der Waals surface area (Å²) in [5.41, 5.74) is 2.37. The number of carbonyl (C=O) groups is 1. The van der Waals surface area contributed by atoms with Crippen LogP contribution >= 0.6 is 11.3 Å². The number of fused-ring (bicyclic) bond motifs is 1. The van der Waals surface area contributed by atoms with Gasteiger partial charge < -0.3 is 19.5 Å². The van der Waals surface area contributed by atoms with Crippen molar-refractivity contribution in [2.45, 2.75) is 44.4 Å². The van der Waals surface area contributed by atoms with Crippen LogP contribution in [0, 0.1) is 19.3 Å². The average molecular weight is 469 g/mol. The van der Waals surface area contributed by atoms with Crippen molar-refractivity contribution in [2.24, 2.45) is 0 Å². The molecule has 2 atom stereocenters. The number of benzene rings is 1. The fourth-order valence-corrected chi connectivity index (χ4v) is 5.24. The van der Waals surface area contributed by atoms with Crippen LogP contribution in [0.25, 0.3) is 0 Å². The van der Waals surface area contributed by atoms with E-state index < -0.39 is 6.10 Å². The molecule has 1 saturated carbocycles. The van der Waals surface area contributed by atoms with Crippen LogP contribution in [0.3, 0.4) is 0 Å². The maximum atomic E-state index is 13.5. The fraction of sp³-hybridized carbons (Fsp3) is 0.500. The number of hydrogen-bond acceptors (Lipinski definition) is 6. The second-order valence-corrected chi connectivity index (χ2v) is 9.81. The van der Waals surface area contributed by atoms with Gasteiger partial charge in [0, 0.05) is 24.0 Å². The number of aliphatic hydroxyl groups is 1. The zero-order valence-corrected chi connectivity index (χ0v) is 19.9. The first-order chi connectivity index (χ1) is 16.0. The van der Waals surface area contributed by atoms with Crippen LogP contribution in [0.5, 0.6) is 5.75 Å². The molecule has 1 fully saturated rings. The third-order valence-corrected chi connectivity index (χ3v) is 7.18. The molecule has 1 N–H and O–H groups in total. The number of nitrogens with zero attached hydrogens (tertiary/aromatic N) is 2. The van der Waals surface area contributed by atoms with Crippen LogP contribution in [-0.4, -0.2) is 72.4 Å². The molecule has 0 saturated heterocycles. The number of carbonyl (C=O) groups excluding carboxylic acids is 1. The van der Waals surface area contributed by atoms with Crippen molar-refractivity contribution in [1.82, 2.24) is 9.80 Å². The number of aliphatic hydroxyl groups excluding tert-OH is 1. The predicted molar refractivity (Wildman–Crippen MR) is 129 cm³/mol. The number of rotatable bonds is 11. The smallest absolute Gasteiger partial charge is 0.237 e. The quantitative estimate of drug-likeness (QED) is 0.406. The lowest BCUT2D eigenvalue weighted by Gasteiger charge is -2.37. The lowest BCUT2D eigenvalue weighted by Crippen LogP contribution is -2.48. The van der Waals surface area contributed by atoms with E-state index in [1.807, 2.05) is 36.1 Å². The molecule has 2 aliphatic rings. The Hall–Kier alpha value is -2.37. The van der Waals surface area contributed by atoms with Gasteiger partial charge >= 0.3 is 0 Å². The van der Waals surface area contributed by atoms with Gasteiger partial charge in [-0.3, -0.25) is 9.69 Å². The number of amides is 1. The molecule has 1 aliphatic carbocycles. The van der Waals surface area contributed by atoms with Gasteiger partial charge in [0.15, 0.2) is 0 Å². The summed E-state index contributed by atoms with van der Waals surface area (Å²) in [4.78, 5) is 18.9. The second-order valence-electron chi connectivity index (χ2n) is 8.81. The summed E-state index contributed by atoms with van der Waals surface area (Å²) < 4.78 is 11.4. The monoisotopic (exact) mass is 468 g/mol. The van der Waals surface area contributed by atoms with E-state index in [0.717, 1.165) is 25.0 Å². The van der Waals surface area contributed by atoms with Gasteiger partial charge in [-0.25, -0.2) is 0 Å². The minimum atomic E-state index is -0.669. The summed E-state index contributed by atoms with van der Waals surface area (Å²) in [7, 11) is 0. The molecule has 1 amide bonds. The molecule has 1 aromatic heterocycles. The van der Waals surface area contributed by atoms with Gasteiger partial charge in [-0.1, -0.05) is 23.6 Å². The van der Waals surface area contributed by atoms with Crippen LogP contribution in [-0.2, 0) is 16.0 Å². The Morgan fingerprint density at radius 3 is 2.85 bits per heavy atom. The fourth-order valence-electron chi connectivity index (χ4n) is 4.31. The first kappa shape index (κ1) is 23.8. The minimum Gasteiger partial charge on any atom is -0.491 e. The van der Waals surface area contributed by atoms with E-state index in [0.29, 0.717) is 25.7 Å². The molecule has 1 aromatic carbocycles. The van der Waals surface area contributed by atoms with Gasteiger partial charge in [0.05, 0.1) is 25.3 Å². The molecule has 7 heteroatoms. The van der Waals surface area contributed by atoms with Gasteiger partial charge in [-0.2, -0.15) is 0 Å². The molecular formula is C26H32N2O4S. The van der Waals surface area contributed by atoms with Gasteiger partial charge in [-0.15, -0.1) is 17.8 Å². The highest BCUT2D eigenvalue weighted by atomic mass is 32.1. The number of terminal acetylenes is 1. The van der Waals surface area contributed by atoms with Crippen molar-refractivity contribution >= 4 is 17.2 Å². The molecule has 2 heterocycles. The minimum absolute atomic E-state index is 0.0769. The Morgan fingerprint density at radius 1 is 1.33 bits per heavy atom. The molecule has 0 bridgehead atoms. The van der Waals surface area contributed by atoms with E-state index in [1.165, 1.54) is 16.0 Å². The van der Waals surface area contributed by atoms with Gasteiger partial charge in [0.1, 0.15) is 19.0 Å². The van der Waals surface area contributed by atoms with E-state index in [-0.39, 0.29) is 31.7 Å². The van der Waals surface area contributed by atoms with Crippen molar-refractivity contribution in [2.75, 3.05) is 39.5 Å². The largest absolute Gasteiger partial charge is 0.491 e. The predicted octanol–water partition coefficient (Wildman–Crippen LogP) is 3.04. The van der Waals surface area contributed by atoms with Crippen molar-refractivity contribution in [3.8, 4) is 18.1 Å². The topological polar surface area (TPSA) is 62.2 Å². The molecule has 0 radical (unpaired) electrons. The zero-order chi connectivity index (χ0) is 23.2. The third-order valence-electron chi connectivity index (χ3n) is 6.19. The highest BCUT2D eigenvalue weighted by Gasteiger charge is 2.36. The number of aryl methyl sites for hydroxylation is 1. The SMILES string of the molecule is C#CCOCC(O)CN(CC(=O)N1CCc2sccc2C1COc1ccc(C)cc1)C1CC1. The first-order valence-corrected chi connectivity index (χ1v) is 12.4. The van der Waals surface area contributed by atoms with E-state index in [1.54, 1.807) is 11.3 Å². The molecule has 176 valence electrons. The van der Waals surface area contributed by atoms with Crippen LogP contribution in [0.15, 0.2) is 35.7 Å². The average Bonchev–Trinajstić information content (AvgIpc) is 3.55. The van der Waals surface area contributed by atoms with Crippen LogP contribution in [0.4, 0.5) is 0 Å². The first-order valence-electron chi connectivity index (χ1n) is 11.5. The van der Waals surface area contributed by atoms with E-state index >= 15 is 0 Å². The zero-order valence-electron chi connectivity index (χ0n) is 19.1. The second kappa shape index (κ2) is 11.2. The number of thiophene rings is 1. The maximum absolute atomic E-state index is 13.5. The van der Waals surface area contributed by atoms with E-state index in [4.69, 9.17) is 15.9 Å². The maximum Gasteiger partial charge on any atom is 0.237 e. The number of hydrogen-bond donors (Lipinski definition) is 1. The molecule has 0 spiro atoms. The van der Waals surface area contributed by atoms with Crippen molar-refractivity contribution < 1.29 is 19.4 Å². The van der Waals surface area contributed by atoms with Gasteiger partial charge in [0.2, 0.25) is 5.91 Å². The lowest BCUT2D eigenvalue weighted by molar-refractivity contribution is -0.136. The summed E-state index contributed by atoms with van der Waals surface area (Å²) >= 11 is 1.75. The highest BCUT2D eigenvalue weighted by molar-refractivity contribution is 7.10. The number of ether oxygens (including phenoxy) is 2. The summed E-state index contributed by atoms with van der Waals surface area (Å²) in [5, 5.41) is 12.4. The van der Waals surface area contributed by atoms with Gasteiger partial charge in [-0.05, 0) is 55.3 Å². The summed E-state index contributed by atoms with van der Waals surface area (Å²) in [6.07, 6.45) is 7.51. The molecule has 33 heavy (non-hydrogen) atoms. The molecule has 2 aromatic rings. The van der Waals surface area contributed by atoms with Crippen LogP contribution < -0.4 is 4.74 Å². The van der Waals surface area contributed by atoms with E-state index in [2.05, 4.69) is 22.3 Å². The third kappa shape index (κ3) is 6.36. The normalized spacial score (nSPS) is 18.6. The van der Waals surface area contributed by atoms with Crippen LogP contribution in [0.1, 0.15) is 34.9 Å². The highest BCUT2D eigenvalue weighted by Crippen LogP contribution is 2.34. The Morgan fingerprint density at radius 2 is 2.12 bits per heavy atom. The standard InChI is InChI=1S/C26H32N2O4S/c1-3-13-31-17-21(29)15-27(20-6-7-20)16-26(30)28-12-10-25-23(11-14-33-25)24(28)18-32-22-8-4-19(2)5-9-22/h1,4-5,8-9,11,14,20-21,24,29H,6-7,10,12-13,15-18H2,2H3. The summed E-state index contributed by atoms with van der Waals surface area (Å²) in [6.45, 7) is 4.20. The Labute approximate surface area is 200 Å². The molecule has 6 nitrogen and oxygen atoms in total. The van der Waals surface area contributed by atoms with E-state index in [9.17, 15) is 9.90 Å². The summed E-state index contributed by atoms with van der Waals surface area (Å²) in [6, 6.07) is 10.4.